The zero-order valence-electron chi connectivity index (χ0n) is 24.9. The number of ether oxygens (including phenoxy) is 2. The Morgan fingerprint density at radius 3 is 2.02 bits per heavy atom. The summed E-state index contributed by atoms with van der Waals surface area (Å²) < 4.78 is 12.0. The van der Waals surface area contributed by atoms with E-state index in [1.165, 1.54) is 0 Å². The molecule has 0 bridgehead atoms. The van der Waals surface area contributed by atoms with Crippen molar-refractivity contribution < 1.29 is 29.0 Å². The summed E-state index contributed by atoms with van der Waals surface area (Å²) in [4.78, 5) is 41.8. The molecule has 5 rings (SSSR count). The summed E-state index contributed by atoms with van der Waals surface area (Å²) in [6.45, 7) is 10.7. The molecule has 0 atom stereocenters. The second-order valence-corrected chi connectivity index (χ2v) is 13.9. The van der Waals surface area contributed by atoms with Gasteiger partial charge in [0.2, 0.25) is 0 Å². The number of ketones is 2. The van der Waals surface area contributed by atoms with Gasteiger partial charge in [0.1, 0.15) is 0 Å². The van der Waals surface area contributed by atoms with Gasteiger partial charge in [0.05, 0.1) is 11.1 Å². The van der Waals surface area contributed by atoms with Crippen molar-refractivity contribution in [1.29, 1.82) is 0 Å². The Labute approximate surface area is 255 Å². The molecule has 0 radical (unpaired) electrons. The van der Waals surface area contributed by atoms with Gasteiger partial charge in [-0.05, 0) is 69.8 Å². The van der Waals surface area contributed by atoms with Crippen molar-refractivity contribution in [3.63, 3.8) is 0 Å². The molecule has 222 valence electrons. The average Bonchev–Trinajstić information content (AvgIpc) is 2.88. The maximum atomic E-state index is 14.1. The van der Waals surface area contributed by atoms with Crippen LogP contribution in [0.5, 0.6) is 11.5 Å². The number of aliphatic carboxylic acids is 1. The molecule has 0 saturated heterocycles. The average molecular weight is 637 g/mol. The number of halogens is 1. The van der Waals surface area contributed by atoms with Crippen molar-refractivity contribution in [2.45, 2.75) is 72.8 Å². The molecule has 3 aliphatic rings. The third-order valence-corrected chi connectivity index (χ3v) is 8.80. The van der Waals surface area contributed by atoms with Crippen molar-refractivity contribution >= 4 is 33.5 Å². The summed E-state index contributed by atoms with van der Waals surface area (Å²) in [6.07, 6.45) is 2.20. The van der Waals surface area contributed by atoms with Gasteiger partial charge in [-0.3, -0.25) is 9.59 Å². The number of benzene rings is 2. The highest BCUT2D eigenvalue weighted by atomic mass is 79.9. The Morgan fingerprint density at radius 2 is 1.50 bits per heavy atom. The molecule has 1 heterocycles. The van der Waals surface area contributed by atoms with Crippen LogP contribution in [0, 0.1) is 10.8 Å². The highest BCUT2D eigenvalue weighted by molar-refractivity contribution is 9.10. The first-order valence-electron chi connectivity index (χ1n) is 14.4. The zero-order valence-corrected chi connectivity index (χ0v) is 26.5. The van der Waals surface area contributed by atoms with Gasteiger partial charge < -0.3 is 19.5 Å². The fourth-order valence-corrected chi connectivity index (χ4v) is 7.20. The number of rotatable bonds is 8. The second kappa shape index (κ2) is 11.4. The van der Waals surface area contributed by atoms with Crippen LogP contribution in [0.1, 0.15) is 77.3 Å². The van der Waals surface area contributed by atoms with Crippen LogP contribution in [0.15, 0.2) is 69.5 Å². The Balaban J connectivity index is 1.75. The number of allylic oxidation sites excluding steroid dienone is 4. The lowest BCUT2D eigenvalue weighted by Gasteiger charge is -2.49. The Hall–Kier alpha value is -3.39. The van der Waals surface area contributed by atoms with Crippen LogP contribution < -0.4 is 9.47 Å². The maximum absolute atomic E-state index is 14.1. The van der Waals surface area contributed by atoms with Gasteiger partial charge in [-0.15, -0.1) is 0 Å². The highest BCUT2D eigenvalue weighted by Crippen LogP contribution is 2.55. The fourth-order valence-electron chi connectivity index (χ4n) is 6.63. The van der Waals surface area contributed by atoms with E-state index in [4.69, 9.17) is 9.47 Å². The van der Waals surface area contributed by atoms with Gasteiger partial charge in [-0.1, -0.05) is 58.0 Å². The molecule has 0 fully saturated rings. The topological polar surface area (TPSA) is 93.1 Å². The van der Waals surface area contributed by atoms with E-state index >= 15 is 0 Å². The minimum atomic E-state index is -1.10. The zero-order chi connectivity index (χ0) is 30.4. The van der Waals surface area contributed by atoms with Gasteiger partial charge in [0.25, 0.3) is 0 Å². The van der Waals surface area contributed by atoms with E-state index in [1.54, 1.807) is 6.07 Å². The summed E-state index contributed by atoms with van der Waals surface area (Å²) in [5, 5.41) is 9.20. The molecule has 0 unspecified atom stereocenters. The first kappa shape index (κ1) is 30.1. The number of hydrogen-bond acceptors (Lipinski definition) is 6. The van der Waals surface area contributed by atoms with E-state index < -0.39 is 18.5 Å². The van der Waals surface area contributed by atoms with Gasteiger partial charge in [-0.2, -0.15) is 0 Å². The summed E-state index contributed by atoms with van der Waals surface area (Å²) in [6, 6.07) is 13.8. The number of carbonyl (C=O) groups is 3. The maximum Gasteiger partial charge on any atom is 0.341 e. The predicted molar refractivity (Wildman–Crippen MR) is 163 cm³/mol. The number of Topliss-reactive ketones (excluding diaryl/α,β-unsaturated/α-hetero) is 2. The number of nitrogens with zero attached hydrogens (tertiary/aromatic N) is 1. The van der Waals surface area contributed by atoms with E-state index in [2.05, 4.69) is 60.7 Å². The van der Waals surface area contributed by atoms with Gasteiger partial charge in [0, 0.05) is 47.8 Å². The number of carboxylic acids is 1. The molecule has 2 aliphatic carbocycles. The molecule has 2 aromatic carbocycles. The highest BCUT2D eigenvalue weighted by Gasteiger charge is 2.49. The van der Waals surface area contributed by atoms with Crippen LogP contribution in [-0.4, -0.2) is 40.8 Å². The normalized spacial score (nSPS) is 19.9. The third-order valence-electron chi connectivity index (χ3n) is 8.21. The molecule has 7 nitrogen and oxygen atoms in total. The van der Waals surface area contributed by atoms with Crippen molar-refractivity contribution in [1.82, 2.24) is 4.90 Å². The first-order valence-corrected chi connectivity index (χ1v) is 15.2. The Bertz CT molecular complexity index is 1450. The van der Waals surface area contributed by atoms with Gasteiger partial charge in [-0.25, -0.2) is 4.79 Å². The number of carbonyl (C=O) groups excluding carboxylic acids is 2. The minimum Gasteiger partial charge on any atom is -0.490 e. The summed E-state index contributed by atoms with van der Waals surface area (Å²) >= 11 is 3.57. The van der Waals surface area contributed by atoms with E-state index in [1.807, 2.05) is 31.2 Å². The number of hydrogen-bond donors (Lipinski definition) is 1. The van der Waals surface area contributed by atoms with Crippen LogP contribution in [0.2, 0.25) is 0 Å². The monoisotopic (exact) mass is 635 g/mol. The van der Waals surface area contributed by atoms with Crippen molar-refractivity contribution in [2.24, 2.45) is 10.8 Å². The van der Waals surface area contributed by atoms with Crippen molar-refractivity contribution in [3.05, 3.63) is 80.6 Å². The molecule has 1 N–H and O–H groups in total. The lowest BCUT2D eigenvalue weighted by atomic mass is 9.63. The molecule has 1 aliphatic heterocycles. The summed E-state index contributed by atoms with van der Waals surface area (Å²) in [5.74, 6) is -0.915. The molecule has 2 aromatic rings. The van der Waals surface area contributed by atoms with Crippen molar-refractivity contribution in [2.75, 3.05) is 13.2 Å². The first-order chi connectivity index (χ1) is 19.8. The van der Waals surface area contributed by atoms with Crippen LogP contribution in [0.3, 0.4) is 0 Å². The van der Waals surface area contributed by atoms with E-state index in [0.717, 1.165) is 22.5 Å². The summed E-state index contributed by atoms with van der Waals surface area (Å²) in [7, 11) is 0. The quantitative estimate of drug-likeness (QED) is 0.328. The molecule has 0 amide bonds. The van der Waals surface area contributed by atoms with E-state index in [0.29, 0.717) is 60.2 Å². The largest absolute Gasteiger partial charge is 0.490 e. The summed E-state index contributed by atoms with van der Waals surface area (Å²) in [5.41, 5.74) is 4.71. The van der Waals surface area contributed by atoms with Gasteiger partial charge in [0.15, 0.2) is 29.7 Å². The Kier molecular flexibility index (Phi) is 8.14. The Morgan fingerprint density at radius 1 is 0.929 bits per heavy atom. The lowest BCUT2D eigenvalue weighted by Crippen LogP contribution is -2.44. The van der Waals surface area contributed by atoms with Crippen LogP contribution >= 0.6 is 15.9 Å². The molecule has 42 heavy (non-hydrogen) atoms. The van der Waals surface area contributed by atoms with E-state index in [9.17, 15) is 19.5 Å². The number of carboxylic acid groups (broad SMARTS) is 1. The molecular weight excluding hydrogens is 598 g/mol. The fraction of sp³-hybridized carbons (Fsp3) is 0.441. The SMILES string of the molecule is CCOc1cc(C2C3=C(CC(C)(C)CC3=O)N(Cc3ccccc3)C3=C2C(=O)CC(C)(C)C3)cc(Br)c1OCC(=O)O. The smallest absolute Gasteiger partial charge is 0.341 e. The van der Waals surface area contributed by atoms with E-state index in [-0.39, 0.29) is 28.1 Å². The minimum absolute atomic E-state index is 0.0498. The predicted octanol–water partition coefficient (Wildman–Crippen LogP) is 7.20. The van der Waals surface area contributed by atoms with Gasteiger partial charge >= 0.3 is 5.97 Å². The molecular formula is C34H38BrNO6. The third kappa shape index (κ3) is 5.91. The molecule has 0 spiro atoms. The standard InChI is InChI=1S/C34H38BrNO6/c1-6-41-27-13-21(12-22(35)32(27)42-19-28(39)40)29-30-23(14-33(2,3)16-25(30)37)36(18-20-10-8-7-9-11-20)24-15-34(4,5)17-26(38)31(24)29/h7-13,29H,6,14-19H2,1-5H3,(H,39,40). The lowest BCUT2D eigenvalue weighted by molar-refractivity contribution is -0.139. The molecule has 0 saturated carbocycles. The molecule has 8 heteroatoms. The van der Waals surface area contributed by atoms with Crippen LogP contribution in [0.25, 0.3) is 0 Å². The second-order valence-electron chi connectivity index (χ2n) is 13.1. The van der Waals surface area contributed by atoms with Crippen LogP contribution in [0.4, 0.5) is 0 Å². The molecule has 0 aromatic heterocycles. The van der Waals surface area contributed by atoms with Crippen LogP contribution in [-0.2, 0) is 20.9 Å². The van der Waals surface area contributed by atoms with Crippen molar-refractivity contribution in [3.8, 4) is 11.5 Å².